The average molecular weight is 231 g/mol. The minimum absolute atomic E-state index is 0.100. The third-order valence-corrected chi connectivity index (χ3v) is 2.64. The van der Waals surface area contributed by atoms with Crippen LogP contribution in [0.25, 0.3) is 11.4 Å². The number of aliphatic hydroxyl groups excluding tert-OH is 1. The highest BCUT2D eigenvalue weighted by Crippen LogP contribution is 2.21. The van der Waals surface area contributed by atoms with Crippen molar-refractivity contribution < 1.29 is 5.11 Å². The van der Waals surface area contributed by atoms with Crippen molar-refractivity contribution in [2.75, 3.05) is 6.61 Å². The van der Waals surface area contributed by atoms with Gasteiger partial charge >= 0.3 is 0 Å². The molecule has 0 aromatic carbocycles. The molecule has 0 spiro atoms. The molecule has 0 aliphatic heterocycles. The van der Waals surface area contributed by atoms with Gasteiger partial charge in [0.1, 0.15) is 5.69 Å². The summed E-state index contributed by atoms with van der Waals surface area (Å²) in [6, 6.07) is 7.82. The van der Waals surface area contributed by atoms with Crippen molar-refractivity contribution in [2.45, 2.75) is 26.3 Å². The number of pyridine rings is 1. The molecule has 0 atom stereocenters. The number of rotatable bonds is 4. The molecular weight excluding hydrogens is 214 g/mol. The highest BCUT2D eigenvalue weighted by molar-refractivity contribution is 5.54. The normalized spacial score (nSPS) is 11.1. The minimum atomic E-state index is 0.100. The van der Waals surface area contributed by atoms with Gasteiger partial charge in [0.25, 0.3) is 0 Å². The lowest BCUT2D eigenvalue weighted by Crippen LogP contribution is -2.09. The Morgan fingerprint density at radius 2 is 2.12 bits per heavy atom. The number of aliphatic hydroxyl groups is 1. The van der Waals surface area contributed by atoms with Crippen molar-refractivity contribution in [3.8, 4) is 11.4 Å². The summed E-state index contributed by atoms with van der Waals surface area (Å²) in [5.41, 5.74) is 2.86. The second-order valence-electron chi connectivity index (χ2n) is 4.27. The second-order valence-corrected chi connectivity index (χ2v) is 4.27. The second kappa shape index (κ2) is 5.10. The Hall–Kier alpha value is -1.68. The number of nitrogens with zero attached hydrogens (tertiary/aromatic N) is 3. The lowest BCUT2D eigenvalue weighted by atomic mass is 10.1. The van der Waals surface area contributed by atoms with Crippen molar-refractivity contribution in [1.82, 2.24) is 14.8 Å². The largest absolute Gasteiger partial charge is 0.394 e. The van der Waals surface area contributed by atoms with Crippen molar-refractivity contribution in [2.24, 2.45) is 0 Å². The van der Waals surface area contributed by atoms with Gasteiger partial charge in [-0.15, -0.1) is 0 Å². The number of aromatic nitrogens is 3. The number of hydrogen-bond acceptors (Lipinski definition) is 3. The third kappa shape index (κ3) is 2.53. The van der Waals surface area contributed by atoms with Crippen LogP contribution in [-0.4, -0.2) is 26.5 Å². The third-order valence-electron chi connectivity index (χ3n) is 2.64. The van der Waals surface area contributed by atoms with Crippen LogP contribution in [0.15, 0.2) is 30.5 Å². The van der Waals surface area contributed by atoms with Gasteiger partial charge in [0.15, 0.2) is 0 Å². The molecule has 2 rings (SSSR count). The maximum Gasteiger partial charge on any atom is 0.111 e. The summed E-state index contributed by atoms with van der Waals surface area (Å²) >= 11 is 0. The summed E-state index contributed by atoms with van der Waals surface area (Å²) in [5.74, 6) is 0.381. The predicted molar refractivity (Wildman–Crippen MR) is 66.6 cm³/mol. The van der Waals surface area contributed by atoms with E-state index in [4.69, 9.17) is 5.11 Å². The van der Waals surface area contributed by atoms with E-state index in [0.717, 1.165) is 17.1 Å². The van der Waals surface area contributed by atoms with Crippen molar-refractivity contribution in [3.05, 3.63) is 36.2 Å². The molecule has 2 aromatic rings. The Morgan fingerprint density at radius 1 is 1.29 bits per heavy atom. The van der Waals surface area contributed by atoms with Crippen molar-refractivity contribution in [3.63, 3.8) is 0 Å². The standard InChI is InChI=1S/C13H17N3O/c1-10(2)13-9-12(15-16(13)7-8-17)11-5-3-4-6-14-11/h3-6,9-10,17H,7-8H2,1-2H3. The fraction of sp³-hybridized carbons (Fsp3) is 0.385. The van der Waals surface area contributed by atoms with E-state index in [9.17, 15) is 0 Å². The predicted octanol–water partition coefficient (Wildman–Crippen LogP) is 2.06. The lowest BCUT2D eigenvalue weighted by molar-refractivity contribution is 0.266. The molecule has 0 aliphatic carbocycles. The van der Waals surface area contributed by atoms with E-state index >= 15 is 0 Å². The van der Waals surface area contributed by atoms with Gasteiger partial charge in [-0.25, -0.2) is 0 Å². The van der Waals surface area contributed by atoms with Crippen molar-refractivity contribution >= 4 is 0 Å². The van der Waals surface area contributed by atoms with Crippen LogP contribution in [0.3, 0.4) is 0 Å². The first-order valence-electron chi connectivity index (χ1n) is 5.82. The summed E-state index contributed by atoms with van der Waals surface area (Å²) in [6.45, 7) is 4.86. The highest BCUT2D eigenvalue weighted by atomic mass is 16.3. The first-order chi connectivity index (χ1) is 8.22. The average Bonchev–Trinajstić information content (AvgIpc) is 2.75. The van der Waals surface area contributed by atoms with E-state index in [-0.39, 0.29) is 6.61 Å². The van der Waals surface area contributed by atoms with Gasteiger partial charge in [-0.2, -0.15) is 5.10 Å². The molecule has 0 radical (unpaired) electrons. The van der Waals surface area contributed by atoms with Gasteiger partial charge in [-0.1, -0.05) is 19.9 Å². The smallest absolute Gasteiger partial charge is 0.111 e. The van der Waals surface area contributed by atoms with E-state index in [1.165, 1.54) is 0 Å². The monoisotopic (exact) mass is 231 g/mol. The first-order valence-corrected chi connectivity index (χ1v) is 5.82. The molecule has 4 heteroatoms. The molecule has 0 unspecified atom stereocenters. The van der Waals surface area contributed by atoms with Gasteiger partial charge in [0.2, 0.25) is 0 Å². The quantitative estimate of drug-likeness (QED) is 0.876. The van der Waals surface area contributed by atoms with Gasteiger partial charge in [-0.3, -0.25) is 9.67 Å². The zero-order valence-electron chi connectivity index (χ0n) is 10.2. The van der Waals surface area contributed by atoms with Gasteiger partial charge in [0, 0.05) is 11.9 Å². The zero-order chi connectivity index (χ0) is 12.3. The van der Waals surface area contributed by atoms with Crippen LogP contribution in [0.5, 0.6) is 0 Å². The Morgan fingerprint density at radius 3 is 2.71 bits per heavy atom. The molecule has 1 N–H and O–H groups in total. The lowest BCUT2D eigenvalue weighted by Gasteiger charge is -2.07. The van der Waals surface area contributed by atoms with Crippen molar-refractivity contribution in [1.29, 1.82) is 0 Å². The van der Waals surface area contributed by atoms with Gasteiger partial charge in [0.05, 0.1) is 18.8 Å². The van der Waals surface area contributed by atoms with Crippen LogP contribution in [0.2, 0.25) is 0 Å². The topological polar surface area (TPSA) is 50.9 Å². The van der Waals surface area contributed by atoms with E-state index in [0.29, 0.717) is 12.5 Å². The van der Waals surface area contributed by atoms with Crippen LogP contribution >= 0.6 is 0 Å². The Labute approximate surface area is 101 Å². The SMILES string of the molecule is CC(C)c1cc(-c2ccccn2)nn1CCO. The molecular formula is C13H17N3O. The molecule has 2 aromatic heterocycles. The van der Waals surface area contributed by atoms with Gasteiger partial charge < -0.3 is 5.11 Å². The van der Waals surface area contributed by atoms with Crippen LogP contribution in [-0.2, 0) is 6.54 Å². The summed E-state index contributed by atoms with van der Waals surface area (Å²) < 4.78 is 1.86. The summed E-state index contributed by atoms with van der Waals surface area (Å²) in [7, 11) is 0. The van der Waals surface area contributed by atoms with Gasteiger partial charge in [-0.05, 0) is 24.1 Å². The van der Waals surface area contributed by atoms with Crippen LogP contribution < -0.4 is 0 Å². The fourth-order valence-electron chi connectivity index (χ4n) is 1.81. The molecule has 0 fully saturated rings. The van der Waals surface area contributed by atoms with E-state index in [1.54, 1.807) is 6.20 Å². The summed E-state index contributed by atoms with van der Waals surface area (Å²) in [6.07, 6.45) is 1.76. The molecule has 0 saturated carbocycles. The molecule has 4 nitrogen and oxygen atoms in total. The maximum absolute atomic E-state index is 9.03. The number of hydrogen-bond donors (Lipinski definition) is 1. The molecule has 0 aliphatic rings. The molecule has 0 saturated heterocycles. The van der Waals surface area contributed by atoms with E-state index < -0.39 is 0 Å². The molecule has 0 amide bonds. The highest BCUT2D eigenvalue weighted by Gasteiger charge is 2.12. The molecule has 2 heterocycles. The Bertz CT molecular complexity index is 477. The molecule has 90 valence electrons. The van der Waals surface area contributed by atoms with E-state index in [2.05, 4.69) is 23.9 Å². The molecule has 0 bridgehead atoms. The first kappa shape index (κ1) is 11.8. The fourth-order valence-corrected chi connectivity index (χ4v) is 1.81. The van der Waals surface area contributed by atoms with Crippen LogP contribution in [0, 0.1) is 0 Å². The maximum atomic E-state index is 9.03. The minimum Gasteiger partial charge on any atom is -0.394 e. The Kier molecular flexibility index (Phi) is 3.54. The summed E-state index contributed by atoms with van der Waals surface area (Å²) in [4.78, 5) is 4.28. The van der Waals surface area contributed by atoms with Crippen LogP contribution in [0.1, 0.15) is 25.5 Å². The Balaban J connectivity index is 2.40. The zero-order valence-corrected chi connectivity index (χ0v) is 10.2. The van der Waals surface area contributed by atoms with Crippen LogP contribution in [0.4, 0.5) is 0 Å². The molecule has 17 heavy (non-hydrogen) atoms. The summed E-state index contributed by atoms with van der Waals surface area (Å²) in [5, 5.41) is 13.5. The van der Waals surface area contributed by atoms with E-state index in [1.807, 2.05) is 28.9 Å².